The van der Waals surface area contributed by atoms with Crippen LogP contribution in [0.2, 0.25) is 0 Å². The van der Waals surface area contributed by atoms with Crippen LogP contribution in [0.3, 0.4) is 0 Å². The van der Waals surface area contributed by atoms with Crippen LogP contribution in [-0.2, 0) is 25.9 Å². The van der Waals surface area contributed by atoms with Crippen molar-refractivity contribution in [3.05, 3.63) is 33.0 Å². The van der Waals surface area contributed by atoms with Crippen LogP contribution in [0.4, 0.5) is 0 Å². The lowest BCUT2D eigenvalue weighted by Gasteiger charge is -2.12. The van der Waals surface area contributed by atoms with Gasteiger partial charge in [-0.15, -0.1) is 12.4 Å². The number of hydrogen-bond donors (Lipinski definition) is 3. The van der Waals surface area contributed by atoms with E-state index in [4.69, 9.17) is 4.98 Å². The molecule has 0 aromatic carbocycles. The maximum Gasteiger partial charge on any atom is 0.345 e. The molecule has 2 aromatic heterocycles. The number of pyridine rings is 1. The van der Waals surface area contributed by atoms with Gasteiger partial charge >= 0.3 is 5.97 Å². The van der Waals surface area contributed by atoms with Crippen LogP contribution in [-0.4, -0.2) is 49.7 Å². The summed E-state index contributed by atoms with van der Waals surface area (Å²) < 4.78 is 2.13. The maximum atomic E-state index is 12.2. The summed E-state index contributed by atoms with van der Waals surface area (Å²) >= 11 is 0. The molecule has 0 radical (unpaired) electrons. The van der Waals surface area contributed by atoms with Crippen molar-refractivity contribution in [1.82, 2.24) is 19.4 Å². The molecule has 3 N–H and O–H groups in total. The quantitative estimate of drug-likeness (QED) is 0.741. The summed E-state index contributed by atoms with van der Waals surface area (Å²) in [7, 11) is 3.92. The minimum Gasteiger partial charge on any atom is -0.506 e. The van der Waals surface area contributed by atoms with E-state index in [-0.39, 0.29) is 12.4 Å². The summed E-state index contributed by atoms with van der Waals surface area (Å²) in [5.74, 6) is -0.995. The summed E-state index contributed by atoms with van der Waals surface area (Å²) in [6, 6.07) is 0. The zero-order valence-corrected chi connectivity index (χ0v) is 15.8. The Balaban J connectivity index is 0.00000243. The number of H-pyrrole nitrogens is 1. The third-order valence-corrected chi connectivity index (χ3v) is 4.51. The molecule has 0 bridgehead atoms. The molecule has 0 amide bonds. The van der Waals surface area contributed by atoms with Gasteiger partial charge < -0.3 is 24.7 Å². The molecule has 9 heteroatoms. The zero-order chi connectivity index (χ0) is 18.3. The Morgan fingerprint density at radius 2 is 2.04 bits per heavy atom. The van der Waals surface area contributed by atoms with Crippen LogP contribution >= 0.6 is 12.4 Å². The molecule has 2 aromatic rings. The van der Waals surface area contributed by atoms with Gasteiger partial charge in [0, 0.05) is 17.8 Å². The molecule has 2 heterocycles. The number of aromatic nitrogens is 3. The third kappa shape index (κ3) is 3.22. The number of hydrogen-bond acceptors (Lipinski definition) is 5. The number of aromatic amines is 1. The Bertz CT molecular complexity index is 901. The molecular weight excluding hydrogens is 360 g/mol. The Kier molecular flexibility index (Phi) is 5.77. The molecule has 1 aliphatic rings. The zero-order valence-electron chi connectivity index (χ0n) is 15.0. The fourth-order valence-corrected chi connectivity index (χ4v) is 3.47. The first-order valence-corrected chi connectivity index (χ1v) is 8.29. The number of carboxylic acids is 1. The van der Waals surface area contributed by atoms with Crippen molar-refractivity contribution in [2.45, 2.75) is 39.3 Å². The fourth-order valence-electron chi connectivity index (χ4n) is 3.47. The van der Waals surface area contributed by atoms with Gasteiger partial charge in [-0.05, 0) is 40.3 Å². The molecule has 26 heavy (non-hydrogen) atoms. The predicted molar refractivity (Wildman–Crippen MR) is 99.2 cm³/mol. The first kappa shape index (κ1) is 20.0. The number of carbonyl (C=O) groups is 1. The Morgan fingerprint density at radius 3 is 2.62 bits per heavy atom. The number of nitrogens with zero attached hydrogens (tertiary/aromatic N) is 3. The lowest BCUT2D eigenvalue weighted by atomic mass is 10.0. The van der Waals surface area contributed by atoms with Crippen LogP contribution in [0.5, 0.6) is 5.75 Å². The Morgan fingerprint density at radius 1 is 1.35 bits per heavy atom. The van der Waals surface area contributed by atoms with Crippen molar-refractivity contribution in [2.24, 2.45) is 0 Å². The SMILES string of the molecule is CCn1c(CN(C)C)nc2c1CCCc1c-2[nH]c(=O)c(C(=O)O)c1O.Cl. The molecule has 0 atom stereocenters. The van der Waals surface area contributed by atoms with Crippen molar-refractivity contribution in [2.75, 3.05) is 14.1 Å². The minimum absolute atomic E-state index is 0. The largest absolute Gasteiger partial charge is 0.506 e. The van der Waals surface area contributed by atoms with Gasteiger partial charge in [0.1, 0.15) is 17.3 Å². The van der Waals surface area contributed by atoms with E-state index < -0.39 is 22.8 Å². The van der Waals surface area contributed by atoms with Crippen LogP contribution in [0.25, 0.3) is 11.4 Å². The van der Waals surface area contributed by atoms with Gasteiger partial charge in [0.2, 0.25) is 0 Å². The van der Waals surface area contributed by atoms with Gasteiger partial charge in [-0.2, -0.15) is 0 Å². The smallest absolute Gasteiger partial charge is 0.345 e. The highest BCUT2D eigenvalue weighted by Crippen LogP contribution is 2.36. The second-order valence-electron chi connectivity index (χ2n) is 6.50. The average Bonchev–Trinajstić information content (AvgIpc) is 2.75. The van der Waals surface area contributed by atoms with E-state index in [0.717, 1.165) is 30.9 Å². The van der Waals surface area contributed by atoms with Crippen LogP contribution < -0.4 is 5.56 Å². The Hall–Kier alpha value is -2.32. The van der Waals surface area contributed by atoms with E-state index in [9.17, 15) is 19.8 Å². The molecule has 8 nitrogen and oxygen atoms in total. The minimum atomic E-state index is -1.43. The van der Waals surface area contributed by atoms with Gasteiger partial charge in [-0.3, -0.25) is 4.79 Å². The summed E-state index contributed by atoms with van der Waals surface area (Å²) in [5, 5.41) is 19.6. The highest BCUT2D eigenvalue weighted by Gasteiger charge is 2.28. The molecule has 0 fully saturated rings. The van der Waals surface area contributed by atoms with Crippen molar-refractivity contribution in [3.63, 3.8) is 0 Å². The molecular formula is C17H23ClN4O4. The molecule has 0 spiro atoms. The number of halogens is 1. The maximum absolute atomic E-state index is 12.2. The van der Waals surface area contributed by atoms with Crippen LogP contribution in [0, 0.1) is 0 Å². The van der Waals surface area contributed by atoms with Gasteiger partial charge in [0.15, 0.2) is 5.56 Å². The fraction of sp³-hybridized carbons (Fsp3) is 0.471. The first-order chi connectivity index (χ1) is 11.8. The highest BCUT2D eigenvalue weighted by atomic mass is 35.5. The number of aromatic hydroxyl groups is 1. The lowest BCUT2D eigenvalue weighted by Crippen LogP contribution is -2.20. The number of nitrogens with one attached hydrogen (secondary N) is 1. The standard InChI is InChI=1S/C17H22N4O4.ClH/c1-4-21-10-7-5-6-9-13(14(10)18-11(21)8-20(2)3)19-16(23)12(15(9)22)17(24)25;/h4-8H2,1-3H3,(H,24,25)(H2,19,22,23);1H. The molecule has 142 valence electrons. The number of fused-ring (bicyclic) bond motifs is 3. The number of imidazole rings is 1. The topological polar surface area (TPSA) is 111 Å². The highest BCUT2D eigenvalue weighted by molar-refractivity contribution is 5.92. The summed E-state index contributed by atoms with van der Waals surface area (Å²) in [4.78, 5) is 32.8. The lowest BCUT2D eigenvalue weighted by molar-refractivity contribution is 0.0691. The van der Waals surface area contributed by atoms with E-state index >= 15 is 0 Å². The van der Waals surface area contributed by atoms with Gasteiger partial charge in [-0.1, -0.05) is 0 Å². The second kappa shape index (κ2) is 7.51. The van der Waals surface area contributed by atoms with Gasteiger partial charge in [0.25, 0.3) is 5.56 Å². The monoisotopic (exact) mass is 382 g/mol. The van der Waals surface area contributed by atoms with E-state index in [1.165, 1.54) is 0 Å². The second-order valence-corrected chi connectivity index (χ2v) is 6.50. The van der Waals surface area contributed by atoms with E-state index in [2.05, 4.69) is 9.55 Å². The average molecular weight is 383 g/mol. The number of carboxylic acid groups (broad SMARTS) is 1. The van der Waals surface area contributed by atoms with Crippen molar-refractivity contribution in [3.8, 4) is 17.1 Å². The summed E-state index contributed by atoms with van der Waals surface area (Å²) in [6.45, 7) is 3.45. The molecule has 1 aliphatic carbocycles. The predicted octanol–water partition coefficient (Wildman–Crippen LogP) is 1.63. The van der Waals surface area contributed by atoms with Crippen LogP contribution in [0.15, 0.2) is 4.79 Å². The van der Waals surface area contributed by atoms with Gasteiger partial charge in [-0.25, -0.2) is 9.78 Å². The van der Waals surface area contributed by atoms with Crippen molar-refractivity contribution < 1.29 is 15.0 Å². The third-order valence-electron chi connectivity index (χ3n) is 4.51. The Labute approximate surface area is 156 Å². The van der Waals surface area contributed by atoms with Crippen molar-refractivity contribution >= 4 is 18.4 Å². The molecule has 0 unspecified atom stereocenters. The first-order valence-electron chi connectivity index (χ1n) is 8.29. The molecule has 0 aliphatic heterocycles. The molecule has 0 saturated heterocycles. The molecule has 3 rings (SSSR count). The number of aromatic carboxylic acids is 1. The van der Waals surface area contributed by atoms with Gasteiger partial charge in [0.05, 0.1) is 12.2 Å². The van der Waals surface area contributed by atoms with E-state index in [0.29, 0.717) is 29.9 Å². The normalized spacial score (nSPS) is 12.9. The number of rotatable bonds is 4. The summed E-state index contributed by atoms with van der Waals surface area (Å²) in [5.41, 5.74) is 1.12. The van der Waals surface area contributed by atoms with Crippen LogP contribution in [0.1, 0.15) is 40.8 Å². The molecule has 0 saturated carbocycles. The van der Waals surface area contributed by atoms with E-state index in [1.54, 1.807) is 0 Å². The van der Waals surface area contributed by atoms with E-state index in [1.807, 2.05) is 25.9 Å². The summed E-state index contributed by atoms with van der Waals surface area (Å²) in [6.07, 6.45) is 1.98. The van der Waals surface area contributed by atoms with Crippen molar-refractivity contribution in [1.29, 1.82) is 0 Å².